The van der Waals surface area contributed by atoms with Gasteiger partial charge in [0, 0.05) is 11.6 Å². The molecule has 0 bridgehead atoms. The SMILES string of the molecule is CC.CCc1ccnc2[nH]ncc12. The predicted molar refractivity (Wildman–Crippen MR) is 54.6 cm³/mol. The van der Waals surface area contributed by atoms with Gasteiger partial charge in [-0.05, 0) is 18.1 Å². The number of nitrogens with zero attached hydrogens (tertiary/aromatic N) is 2. The average molecular weight is 177 g/mol. The Kier molecular flexibility index (Phi) is 3.43. The van der Waals surface area contributed by atoms with Crippen LogP contribution in [0, 0.1) is 0 Å². The molecule has 0 spiro atoms. The first-order chi connectivity index (χ1) is 6.42. The fourth-order valence-electron chi connectivity index (χ4n) is 1.21. The van der Waals surface area contributed by atoms with Crippen LogP contribution < -0.4 is 0 Å². The summed E-state index contributed by atoms with van der Waals surface area (Å²) in [6, 6.07) is 2.03. The van der Waals surface area contributed by atoms with E-state index in [-0.39, 0.29) is 0 Å². The lowest BCUT2D eigenvalue weighted by molar-refractivity contribution is 1.10. The van der Waals surface area contributed by atoms with E-state index < -0.39 is 0 Å². The molecular formula is C10H15N3. The van der Waals surface area contributed by atoms with Crippen LogP contribution in [0.1, 0.15) is 26.3 Å². The highest BCUT2D eigenvalue weighted by molar-refractivity contribution is 5.77. The third-order valence-corrected chi connectivity index (χ3v) is 1.83. The molecule has 2 rings (SSSR count). The Hall–Kier alpha value is -1.38. The Labute approximate surface area is 78.2 Å². The predicted octanol–water partition coefficient (Wildman–Crippen LogP) is 2.55. The fourth-order valence-corrected chi connectivity index (χ4v) is 1.21. The van der Waals surface area contributed by atoms with Crippen LogP contribution in [0.4, 0.5) is 0 Å². The topological polar surface area (TPSA) is 41.6 Å². The second-order valence-electron chi connectivity index (χ2n) is 2.46. The molecule has 1 N–H and O–H groups in total. The fraction of sp³-hybridized carbons (Fsp3) is 0.400. The number of aryl methyl sites for hydroxylation is 1. The number of hydrogen-bond acceptors (Lipinski definition) is 2. The second kappa shape index (κ2) is 4.60. The molecule has 0 fully saturated rings. The Morgan fingerprint density at radius 2 is 2.15 bits per heavy atom. The van der Waals surface area contributed by atoms with Gasteiger partial charge in [0.15, 0.2) is 5.65 Å². The molecule has 0 amide bonds. The lowest BCUT2D eigenvalue weighted by atomic mass is 10.1. The minimum absolute atomic E-state index is 0.879. The van der Waals surface area contributed by atoms with Crippen molar-refractivity contribution >= 4 is 11.0 Å². The van der Waals surface area contributed by atoms with Crippen LogP contribution in [-0.2, 0) is 6.42 Å². The van der Waals surface area contributed by atoms with Crippen molar-refractivity contribution in [2.45, 2.75) is 27.2 Å². The molecular weight excluding hydrogens is 162 g/mol. The minimum atomic E-state index is 0.879. The molecule has 70 valence electrons. The van der Waals surface area contributed by atoms with E-state index in [4.69, 9.17) is 0 Å². The summed E-state index contributed by atoms with van der Waals surface area (Å²) < 4.78 is 0. The van der Waals surface area contributed by atoms with Crippen LogP contribution >= 0.6 is 0 Å². The number of nitrogens with one attached hydrogen (secondary N) is 1. The lowest BCUT2D eigenvalue weighted by Gasteiger charge is -1.94. The van der Waals surface area contributed by atoms with Crippen molar-refractivity contribution in [3.8, 4) is 0 Å². The van der Waals surface area contributed by atoms with Crippen molar-refractivity contribution in [1.29, 1.82) is 0 Å². The number of aromatic amines is 1. The monoisotopic (exact) mass is 177 g/mol. The van der Waals surface area contributed by atoms with Gasteiger partial charge in [0.1, 0.15) is 0 Å². The molecule has 0 aliphatic rings. The average Bonchev–Trinajstić information content (AvgIpc) is 2.68. The van der Waals surface area contributed by atoms with Gasteiger partial charge in [0.05, 0.1) is 6.20 Å². The van der Waals surface area contributed by atoms with E-state index in [1.807, 2.05) is 26.1 Å². The Bertz CT molecular complexity index is 365. The molecule has 0 radical (unpaired) electrons. The van der Waals surface area contributed by atoms with Crippen LogP contribution in [-0.4, -0.2) is 15.2 Å². The molecule has 2 aromatic rings. The van der Waals surface area contributed by atoms with Crippen LogP contribution in [0.15, 0.2) is 18.5 Å². The van der Waals surface area contributed by atoms with E-state index in [9.17, 15) is 0 Å². The van der Waals surface area contributed by atoms with Gasteiger partial charge in [-0.3, -0.25) is 5.10 Å². The standard InChI is InChI=1S/C8H9N3.C2H6/c1-2-6-3-4-9-8-7(6)5-10-11-8;1-2/h3-5H,2H2,1H3,(H,9,10,11);1-2H3. The Morgan fingerprint density at radius 1 is 1.38 bits per heavy atom. The van der Waals surface area contributed by atoms with Gasteiger partial charge < -0.3 is 0 Å². The van der Waals surface area contributed by atoms with Crippen molar-refractivity contribution in [2.24, 2.45) is 0 Å². The zero-order valence-electron chi connectivity index (χ0n) is 8.33. The number of fused-ring (bicyclic) bond motifs is 1. The molecule has 0 aromatic carbocycles. The van der Waals surface area contributed by atoms with E-state index in [0.717, 1.165) is 17.5 Å². The van der Waals surface area contributed by atoms with Crippen molar-refractivity contribution in [2.75, 3.05) is 0 Å². The summed E-state index contributed by atoms with van der Waals surface area (Å²) in [5, 5.41) is 7.89. The summed E-state index contributed by atoms with van der Waals surface area (Å²) in [4.78, 5) is 4.13. The molecule has 3 nitrogen and oxygen atoms in total. The maximum Gasteiger partial charge on any atom is 0.155 e. The first-order valence-electron chi connectivity index (χ1n) is 4.68. The summed E-state index contributed by atoms with van der Waals surface area (Å²) in [5.74, 6) is 0. The molecule has 0 atom stereocenters. The zero-order chi connectivity index (χ0) is 9.68. The summed E-state index contributed by atoms with van der Waals surface area (Å²) >= 11 is 0. The van der Waals surface area contributed by atoms with Crippen LogP contribution in [0.2, 0.25) is 0 Å². The third kappa shape index (κ3) is 1.86. The van der Waals surface area contributed by atoms with E-state index in [1.54, 1.807) is 6.20 Å². The highest BCUT2D eigenvalue weighted by Gasteiger charge is 1.99. The van der Waals surface area contributed by atoms with Gasteiger partial charge in [-0.15, -0.1) is 0 Å². The third-order valence-electron chi connectivity index (χ3n) is 1.83. The van der Waals surface area contributed by atoms with Crippen molar-refractivity contribution < 1.29 is 0 Å². The summed E-state index contributed by atoms with van der Waals surface area (Å²) in [6.45, 7) is 6.13. The van der Waals surface area contributed by atoms with E-state index in [2.05, 4.69) is 22.1 Å². The van der Waals surface area contributed by atoms with Crippen LogP contribution in [0.25, 0.3) is 11.0 Å². The largest absolute Gasteiger partial charge is 0.261 e. The number of rotatable bonds is 1. The molecule has 0 unspecified atom stereocenters. The number of aromatic nitrogens is 3. The first kappa shape index (κ1) is 9.71. The zero-order valence-corrected chi connectivity index (χ0v) is 8.33. The van der Waals surface area contributed by atoms with Gasteiger partial charge in [-0.1, -0.05) is 20.8 Å². The van der Waals surface area contributed by atoms with Crippen molar-refractivity contribution in [3.05, 3.63) is 24.0 Å². The van der Waals surface area contributed by atoms with E-state index in [0.29, 0.717) is 0 Å². The molecule has 0 saturated carbocycles. The molecule has 0 aliphatic heterocycles. The van der Waals surface area contributed by atoms with Crippen molar-refractivity contribution in [1.82, 2.24) is 15.2 Å². The van der Waals surface area contributed by atoms with Crippen molar-refractivity contribution in [3.63, 3.8) is 0 Å². The van der Waals surface area contributed by atoms with Gasteiger partial charge in [0.2, 0.25) is 0 Å². The Morgan fingerprint density at radius 3 is 2.85 bits per heavy atom. The van der Waals surface area contributed by atoms with E-state index in [1.165, 1.54) is 5.56 Å². The Balaban J connectivity index is 0.000000396. The van der Waals surface area contributed by atoms with Gasteiger partial charge in [0.25, 0.3) is 0 Å². The van der Waals surface area contributed by atoms with Gasteiger partial charge in [-0.25, -0.2) is 4.98 Å². The lowest BCUT2D eigenvalue weighted by Crippen LogP contribution is -1.82. The minimum Gasteiger partial charge on any atom is -0.261 e. The summed E-state index contributed by atoms with van der Waals surface area (Å²) in [5.41, 5.74) is 2.17. The van der Waals surface area contributed by atoms with Gasteiger partial charge >= 0.3 is 0 Å². The van der Waals surface area contributed by atoms with Crippen LogP contribution in [0.3, 0.4) is 0 Å². The van der Waals surface area contributed by atoms with E-state index >= 15 is 0 Å². The van der Waals surface area contributed by atoms with Crippen LogP contribution in [0.5, 0.6) is 0 Å². The smallest absolute Gasteiger partial charge is 0.155 e. The molecule has 0 aliphatic carbocycles. The highest BCUT2D eigenvalue weighted by atomic mass is 15.1. The maximum atomic E-state index is 4.13. The molecule has 2 aromatic heterocycles. The first-order valence-corrected chi connectivity index (χ1v) is 4.68. The number of pyridine rings is 1. The highest BCUT2D eigenvalue weighted by Crippen LogP contribution is 2.13. The second-order valence-corrected chi connectivity index (χ2v) is 2.46. The molecule has 2 heterocycles. The maximum absolute atomic E-state index is 4.13. The summed E-state index contributed by atoms with van der Waals surface area (Å²) in [7, 11) is 0. The summed E-state index contributed by atoms with van der Waals surface area (Å²) in [6.07, 6.45) is 4.65. The molecule has 13 heavy (non-hydrogen) atoms. The number of H-pyrrole nitrogens is 1. The van der Waals surface area contributed by atoms with Gasteiger partial charge in [-0.2, -0.15) is 5.10 Å². The molecule has 0 saturated heterocycles. The quantitative estimate of drug-likeness (QED) is 0.727. The molecule has 3 heteroatoms. The number of hydrogen-bond donors (Lipinski definition) is 1. The normalized spacial score (nSPS) is 9.46.